The van der Waals surface area contributed by atoms with E-state index in [1.165, 1.54) is 22.0 Å². The van der Waals surface area contributed by atoms with Gasteiger partial charge in [0.25, 0.3) is 0 Å². The summed E-state index contributed by atoms with van der Waals surface area (Å²) in [5.74, 6) is -0.480. The van der Waals surface area contributed by atoms with Crippen LogP contribution in [0, 0.1) is 0 Å². The van der Waals surface area contributed by atoms with Crippen molar-refractivity contribution in [3.8, 4) is 0 Å². The third-order valence-electron chi connectivity index (χ3n) is 2.23. The summed E-state index contributed by atoms with van der Waals surface area (Å²) in [6, 6.07) is 0. The van der Waals surface area contributed by atoms with E-state index in [4.69, 9.17) is 5.11 Å². The standard InChI is InChI=1S/C8H9NO2S/c10-7(11)3-5-1-2-6-4-9-12-8(5)6/h4-5H,1-3H2,(H,10,11). The van der Waals surface area contributed by atoms with Gasteiger partial charge in [0.1, 0.15) is 0 Å². The lowest BCUT2D eigenvalue weighted by Crippen LogP contribution is -2.01. The number of aryl methyl sites for hydroxylation is 1. The molecule has 1 atom stereocenters. The molecule has 0 amide bonds. The Labute approximate surface area is 74.2 Å². The van der Waals surface area contributed by atoms with Gasteiger partial charge >= 0.3 is 5.97 Å². The first-order valence-electron chi connectivity index (χ1n) is 3.92. The fraction of sp³-hybridized carbons (Fsp3) is 0.500. The lowest BCUT2D eigenvalue weighted by molar-refractivity contribution is -0.137. The molecule has 4 heteroatoms. The molecule has 1 aromatic rings. The molecule has 0 saturated heterocycles. The predicted molar refractivity (Wildman–Crippen MR) is 45.4 cm³/mol. The Kier molecular flexibility index (Phi) is 1.84. The van der Waals surface area contributed by atoms with Gasteiger partial charge in [-0.2, -0.15) is 0 Å². The monoisotopic (exact) mass is 183 g/mol. The molecule has 1 N–H and O–H groups in total. The Balaban J connectivity index is 2.17. The minimum atomic E-state index is -0.707. The van der Waals surface area contributed by atoms with Crippen LogP contribution in [0.25, 0.3) is 0 Å². The second-order valence-electron chi connectivity index (χ2n) is 3.05. The zero-order valence-electron chi connectivity index (χ0n) is 6.49. The number of aromatic nitrogens is 1. The van der Waals surface area contributed by atoms with Crippen molar-refractivity contribution < 1.29 is 9.90 Å². The minimum absolute atomic E-state index is 0.227. The molecule has 0 radical (unpaired) electrons. The highest BCUT2D eigenvalue weighted by atomic mass is 32.1. The number of aliphatic carboxylic acids is 1. The third-order valence-corrected chi connectivity index (χ3v) is 3.23. The third kappa shape index (κ3) is 1.22. The van der Waals surface area contributed by atoms with E-state index in [-0.39, 0.29) is 12.3 Å². The van der Waals surface area contributed by atoms with Crippen LogP contribution in [0.15, 0.2) is 6.20 Å². The van der Waals surface area contributed by atoms with E-state index in [2.05, 4.69) is 4.37 Å². The van der Waals surface area contributed by atoms with Crippen LogP contribution in [-0.4, -0.2) is 15.4 Å². The lowest BCUT2D eigenvalue weighted by Gasteiger charge is -2.03. The van der Waals surface area contributed by atoms with E-state index in [0.717, 1.165) is 12.8 Å². The first-order valence-corrected chi connectivity index (χ1v) is 4.70. The Morgan fingerprint density at radius 2 is 2.67 bits per heavy atom. The first kappa shape index (κ1) is 7.73. The van der Waals surface area contributed by atoms with Gasteiger partial charge in [-0.25, -0.2) is 4.37 Å². The Hall–Kier alpha value is -0.900. The van der Waals surface area contributed by atoms with E-state index in [1.54, 1.807) is 0 Å². The first-order chi connectivity index (χ1) is 5.77. The summed E-state index contributed by atoms with van der Waals surface area (Å²) in [7, 11) is 0. The molecular formula is C8H9NO2S. The molecule has 0 aromatic carbocycles. The van der Waals surface area contributed by atoms with Gasteiger partial charge in [0.15, 0.2) is 0 Å². The highest BCUT2D eigenvalue weighted by Crippen LogP contribution is 2.37. The van der Waals surface area contributed by atoms with Crippen LogP contribution in [0.2, 0.25) is 0 Å². The van der Waals surface area contributed by atoms with Gasteiger partial charge in [0, 0.05) is 17.0 Å². The molecule has 12 heavy (non-hydrogen) atoms. The van der Waals surface area contributed by atoms with Gasteiger partial charge in [-0.1, -0.05) is 0 Å². The molecule has 1 heterocycles. The Morgan fingerprint density at radius 3 is 3.42 bits per heavy atom. The Bertz CT molecular complexity index is 308. The highest BCUT2D eigenvalue weighted by Gasteiger charge is 2.26. The van der Waals surface area contributed by atoms with E-state index in [1.807, 2.05) is 6.20 Å². The van der Waals surface area contributed by atoms with Gasteiger partial charge < -0.3 is 5.11 Å². The van der Waals surface area contributed by atoms with Crippen molar-refractivity contribution in [1.82, 2.24) is 4.37 Å². The number of rotatable bonds is 2. The topological polar surface area (TPSA) is 50.2 Å². The maximum absolute atomic E-state index is 10.5. The second kappa shape index (κ2) is 2.86. The summed E-state index contributed by atoms with van der Waals surface area (Å²) in [6.07, 6.45) is 4.11. The molecule has 64 valence electrons. The lowest BCUT2D eigenvalue weighted by atomic mass is 10.1. The molecular weight excluding hydrogens is 174 g/mol. The fourth-order valence-electron chi connectivity index (χ4n) is 1.66. The Morgan fingerprint density at radius 1 is 1.83 bits per heavy atom. The van der Waals surface area contributed by atoms with Crippen LogP contribution in [-0.2, 0) is 11.2 Å². The van der Waals surface area contributed by atoms with Gasteiger partial charge in [-0.3, -0.25) is 4.79 Å². The fourth-order valence-corrected chi connectivity index (χ4v) is 2.58. The number of nitrogens with zero attached hydrogens (tertiary/aromatic N) is 1. The summed E-state index contributed by atoms with van der Waals surface area (Å²) in [5.41, 5.74) is 1.26. The minimum Gasteiger partial charge on any atom is -0.481 e. The number of hydrogen-bond acceptors (Lipinski definition) is 3. The average Bonchev–Trinajstić information content (AvgIpc) is 2.52. The van der Waals surface area contributed by atoms with Crippen molar-refractivity contribution in [3.05, 3.63) is 16.6 Å². The molecule has 1 unspecified atom stereocenters. The van der Waals surface area contributed by atoms with Gasteiger partial charge in [-0.05, 0) is 29.9 Å². The molecule has 3 nitrogen and oxygen atoms in total. The predicted octanol–water partition coefficient (Wildman–Crippen LogP) is 1.65. The van der Waals surface area contributed by atoms with Crippen molar-refractivity contribution in [1.29, 1.82) is 0 Å². The van der Waals surface area contributed by atoms with Crippen LogP contribution in [0.3, 0.4) is 0 Å². The van der Waals surface area contributed by atoms with Crippen LogP contribution < -0.4 is 0 Å². The second-order valence-corrected chi connectivity index (χ2v) is 3.88. The summed E-state index contributed by atoms with van der Waals surface area (Å²) < 4.78 is 4.05. The summed E-state index contributed by atoms with van der Waals surface area (Å²) in [5, 5.41) is 8.62. The SMILES string of the molecule is O=C(O)CC1CCc2cnsc21. The van der Waals surface area contributed by atoms with Crippen LogP contribution >= 0.6 is 11.5 Å². The molecule has 2 rings (SSSR count). The molecule has 1 aliphatic carbocycles. The summed E-state index contributed by atoms with van der Waals surface area (Å²) >= 11 is 1.45. The quantitative estimate of drug-likeness (QED) is 0.758. The molecule has 0 fully saturated rings. The molecule has 0 bridgehead atoms. The number of carboxylic acids is 1. The zero-order valence-corrected chi connectivity index (χ0v) is 7.30. The number of carbonyl (C=O) groups is 1. The summed E-state index contributed by atoms with van der Waals surface area (Å²) in [6.45, 7) is 0. The van der Waals surface area contributed by atoms with E-state index in [0.29, 0.717) is 0 Å². The maximum atomic E-state index is 10.5. The maximum Gasteiger partial charge on any atom is 0.303 e. The zero-order chi connectivity index (χ0) is 8.55. The van der Waals surface area contributed by atoms with Crippen LogP contribution in [0.1, 0.15) is 29.2 Å². The smallest absolute Gasteiger partial charge is 0.303 e. The van der Waals surface area contributed by atoms with Crippen molar-refractivity contribution >= 4 is 17.5 Å². The van der Waals surface area contributed by atoms with Crippen molar-refractivity contribution in [2.24, 2.45) is 0 Å². The molecule has 0 saturated carbocycles. The largest absolute Gasteiger partial charge is 0.481 e. The normalized spacial score (nSPS) is 20.8. The van der Waals surface area contributed by atoms with Gasteiger partial charge in [0.05, 0.1) is 6.42 Å². The molecule has 0 aliphatic heterocycles. The molecule has 0 spiro atoms. The average molecular weight is 183 g/mol. The van der Waals surface area contributed by atoms with E-state index >= 15 is 0 Å². The summed E-state index contributed by atoms with van der Waals surface area (Å²) in [4.78, 5) is 11.7. The number of hydrogen-bond donors (Lipinski definition) is 1. The van der Waals surface area contributed by atoms with E-state index in [9.17, 15) is 4.79 Å². The molecule has 1 aromatic heterocycles. The number of fused-ring (bicyclic) bond motifs is 1. The van der Waals surface area contributed by atoms with Crippen LogP contribution in [0.5, 0.6) is 0 Å². The van der Waals surface area contributed by atoms with Crippen molar-refractivity contribution in [3.63, 3.8) is 0 Å². The molecule has 1 aliphatic rings. The van der Waals surface area contributed by atoms with Crippen LogP contribution in [0.4, 0.5) is 0 Å². The van der Waals surface area contributed by atoms with Gasteiger partial charge in [-0.15, -0.1) is 0 Å². The van der Waals surface area contributed by atoms with Gasteiger partial charge in [0.2, 0.25) is 0 Å². The van der Waals surface area contributed by atoms with Crippen molar-refractivity contribution in [2.45, 2.75) is 25.2 Å². The van der Waals surface area contributed by atoms with E-state index < -0.39 is 5.97 Å². The number of carboxylic acid groups (broad SMARTS) is 1. The van der Waals surface area contributed by atoms with Crippen molar-refractivity contribution in [2.75, 3.05) is 0 Å². The highest BCUT2D eigenvalue weighted by molar-refractivity contribution is 7.06.